The van der Waals surface area contributed by atoms with Crippen molar-refractivity contribution in [1.29, 1.82) is 0 Å². The quantitative estimate of drug-likeness (QED) is 0.599. The number of nitrogen functional groups attached to an aromatic ring is 1. The van der Waals surface area contributed by atoms with Crippen LogP contribution < -0.4 is 21.4 Å². The Morgan fingerprint density at radius 2 is 1.81 bits per heavy atom. The fourth-order valence-corrected chi connectivity index (χ4v) is 3.67. The molecule has 1 aliphatic heterocycles. The van der Waals surface area contributed by atoms with Crippen LogP contribution in [0.25, 0.3) is 10.9 Å². The summed E-state index contributed by atoms with van der Waals surface area (Å²) in [5.74, 6) is -2.11. The summed E-state index contributed by atoms with van der Waals surface area (Å²) in [4.78, 5) is 25.7. The van der Waals surface area contributed by atoms with Crippen molar-refractivity contribution >= 4 is 28.2 Å². The SMILES string of the molecule is Nc1cn(Cc2ccc(C(F)(F)F)cc2F)c2cc(N3CCNC(=O)C3)c(F)cc2c1=O. The Kier molecular flexibility index (Phi) is 5.27. The number of piperazine rings is 1. The summed E-state index contributed by atoms with van der Waals surface area (Å²) in [7, 11) is 0. The third-order valence-corrected chi connectivity index (χ3v) is 5.28. The second kappa shape index (κ2) is 7.81. The zero-order valence-corrected chi connectivity index (χ0v) is 16.5. The van der Waals surface area contributed by atoms with Gasteiger partial charge >= 0.3 is 6.18 Å². The van der Waals surface area contributed by atoms with Crippen molar-refractivity contribution in [2.45, 2.75) is 12.7 Å². The molecule has 2 aromatic carbocycles. The van der Waals surface area contributed by atoms with E-state index in [1.807, 2.05) is 0 Å². The van der Waals surface area contributed by atoms with Gasteiger partial charge in [-0.15, -0.1) is 0 Å². The minimum absolute atomic E-state index is 0.0677. The van der Waals surface area contributed by atoms with Crippen molar-refractivity contribution in [2.24, 2.45) is 0 Å². The number of benzene rings is 2. The first-order valence-corrected chi connectivity index (χ1v) is 9.54. The summed E-state index contributed by atoms with van der Waals surface area (Å²) in [6.07, 6.45) is -3.46. The van der Waals surface area contributed by atoms with Crippen LogP contribution >= 0.6 is 0 Å². The van der Waals surface area contributed by atoms with Gasteiger partial charge < -0.3 is 20.5 Å². The lowest BCUT2D eigenvalue weighted by Crippen LogP contribution is -2.48. The molecule has 32 heavy (non-hydrogen) atoms. The number of fused-ring (bicyclic) bond motifs is 1. The van der Waals surface area contributed by atoms with Crippen LogP contribution in [0.4, 0.5) is 33.3 Å². The van der Waals surface area contributed by atoms with Gasteiger partial charge in [0, 0.05) is 24.8 Å². The highest BCUT2D eigenvalue weighted by Gasteiger charge is 2.31. The maximum atomic E-state index is 14.8. The average molecular weight is 452 g/mol. The summed E-state index contributed by atoms with van der Waals surface area (Å²) in [5.41, 5.74) is 3.95. The Morgan fingerprint density at radius 3 is 2.47 bits per heavy atom. The first-order chi connectivity index (χ1) is 15.0. The van der Waals surface area contributed by atoms with Crippen LogP contribution in [0.15, 0.2) is 41.3 Å². The minimum Gasteiger partial charge on any atom is -0.394 e. The predicted molar refractivity (Wildman–Crippen MR) is 108 cm³/mol. The number of carbonyl (C=O) groups is 1. The maximum Gasteiger partial charge on any atom is 0.416 e. The molecular weight excluding hydrogens is 435 g/mol. The average Bonchev–Trinajstić information content (AvgIpc) is 2.72. The van der Waals surface area contributed by atoms with Gasteiger partial charge in [0.2, 0.25) is 11.3 Å². The van der Waals surface area contributed by atoms with Crippen LogP contribution in [0.1, 0.15) is 11.1 Å². The fourth-order valence-electron chi connectivity index (χ4n) is 3.67. The molecule has 1 aromatic heterocycles. The molecule has 0 spiro atoms. The Morgan fingerprint density at radius 1 is 1.06 bits per heavy atom. The van der Waals surface area contributed by atoms with Gasteiger partial charge in [-0.3, -0.25) is 9.59 Å². The van der Waals surface area contributed by atoms with Gasteiger partial charge in [-0.25, -0.2) is 8.78 Å². The lowest BCUT2D eigenvalue weighted by molar-refractivity contribution is -0.137. The zero-order chi connectivity index (χ0) is 23.2. The van der Waals surface area contributed by atoms with Crippen molar-refractivity contribution in [3.05, 3.63) is 69.5 Å². The van der Waals surface area contributed by atoms with Gasteiger partial charge in [-0.2, -0.15) is 13.2 Å². The monoisotopic (exact) mass is 452 g/mol. The van der Waals surface area contributed by atoms with Crippen LogP contribution in [0.2, 0.25) is 0 Å². The van der Waals surface area contributed by atoms with E-state index in [4.69, 9.17) is 5.73 Å². The van der Waals surface area contributed by atoms with Crippen LogP contribution in [-0.2, 0) is 17.5 Å². The Hall–Kier alpha value is -3.63. The van der Waals surface area contributed by atoms with Crippen molar-refractivity contribution in [3.8, 4) is 0 Å². The number of anilines is 2. The van der Waals surface area contributed by atoms with Crippen molar-refractivity contribution in [2.75, 3.05) is 30.3 Å². The number of hydrogen-bond donors (Lipinski definition) is 2. The number of carbonyl (C=O) groups excluding carboxylic acids is 1. The first kappa shape index (κ1) is 21.6. The molecule has 0 unspecified atom stereocenters. The van der Waals surface area contributed by atoms with E-state index in [2.05, 4.69) is 5.32 Å². The number of rotatable bonds is 3. The van der Waals surface area contributed by atoms with Gasteiger partial charge in [-0.1, -0.05) is 6.07 Å². The molecule has 3 N–H and O–H groups in total. The van der Waals surface area contributed by atoms with E-state index in [1.165, 1.54) is 21.7 Å². The smallest absolute Gasteiger partial charge is 0.394 e. The van der Waals surface area contributed by atoms with Gasteiger partial charge in [0.15, 0.2) is 0 Å². The highest BCUT2D eigenvalue weighted by atomic mass is 19.4. The van der Waals surface area contributed by atoms with Gasteiger partial charge in [-0.05, 0) is 24.3 Å². The van der Waals surface area contributed by atoms with E-state index in [-0.39, 0.29) is 46.8 Å². The van der Waals surface area contributed by atoms with Gasteiger partial charge in [0.25, 0.3) is 0 Å². The largest absolute Gasteiger partial charge is 0.416 e. The molecule has 0 saturated carbocycles. The molecular formula is C21H17F5N4O2. The second-order valence-electron chi connectivity index (χ2n) is 7.44. The second-order valence-corrected chi connectivity index (χ2v) is 7.44. The van der Waals surface area contributed by atoms with E-state index in [1.54, 1.807) is 0 Å². The molecule has 1 aliphatic rings. The number of nitrogens with zero attached hydrogens (tertiary/aromatic N) is 2. The molecule has 168 valence electrons. The van der Waals surface area contributed by atoms with E-state index in [9.17, 15) is 31.5 Å². The molecule has 1 saturated heterocycles. The molecule has 0 atom stereocenters. The van der Waals surface area contributed by atoms with Crippen LogP contribution in [0, 0.1) is 11.6 Å². The lowest BCUT2D eigenvalue weighted by Gasteiger charge is -2.29. The molecule has 2 heterocycles. The summed E-state index contributed by atoms with van der Waals surface area (Å²) < 4.78 is 69.0. The summed E-state index contributed by atoms with van der Waals surface area (Å²) >= 11 is 0. The van der Waals surface area contributed by atoms with E-state index in [0.717, 1.165) is 18.2 Å². The van der Waals surface area contributed by atoms with Crippen LogP contribution in [0.3, 0.4) is 0 Å². The van der Waals surface area contributed by atoms with E-state index < -0.39 is 28.8 Å². The molecule has 0 bridgehead atoms. The number of nitrogens with one attached hydrogen (secondary N) is 1. The Bertz CT molecular complexity index is 1290. The number of aromatic nitrogens is 1. The number of hydrogen-bond acceptors (Lipinski definition) is 4. The Balaban J connectivity index is 1.82. The van der Waals surface area contributed by atoms with Crippen molar-refractivity contribution in [1.82, 2.24) is 9.88 Å². The number of pyridine rings is 1. The third-order valence-electron chi connectivity index (χ3n) is 5.28. The third kappa shape index (κ3) is 3.97. The molecule has 6 nitrogen and oxygen atoms in total. The zero-order valence-electron chi connectivity index (χ0n) is 16.5. The number of alkyl halides is 3. The maximum absolute atomic E-state index is 14.8. The fraction of sp³-hybridized carbons (Fsp3) is 0.238. The standard InChI is InChI=1S/C21H17F5N4O2/c22-14-5-12(21(24,25)26)2-1-11(14)8-30-9-16(27)20(32)13-6-15(23)18(7-17(13)30)29-4-3-28-19(31)10-29/h1-2,5-7,9H,3-4,8,10,27H2,(H,28,31). The molecule has 1 amide bonds. The molecule has 4 rings (SSSR count). The minimum atomic E-state index is -4.69. The van der Waals surface area contributed by atoms with Crippen molar-refractivity contribution in [3.63, 3.8) is 0 Å². The highest BCUT2D eigenvalue weighted by Crippen LogP contribution is 2.31. The molecule has 0 aliphatic carbocycles. The summed E-state index contributed by atoms with van der Waals surface area (Å²) in [6.45, 7) is 0.300. The number of amides is 1. The number of halogens is 5. The van der Waals surface area contributed by atoms with Crippen LogP contribution in [0.5, 0.6) is 0 Å². The summed E-state index contributed by atoms with van der Waals surface area (Å²) in [6, 6.07) is 4.49. The van der Waals surface area contributed by atoms with E-state index >= 15 is 0 Å². The normalized spacial score (nSPS) is 14.7. The van der Waals surface area contributed by atoms with Crippen molar-refractivity contribution < 1.29 is 26.7 Å². The number of nitrogens with two attached hydrogens (primary N) is 1. The molecule has 0 radical (unpaired) electrons. The molecule has 1 fully saturated rings. The topological polar surface area (TPSA) is 80.4 Å². The lowest BCUT2D eigenvalue weighted by atomic mass is 10.1. The van der Waals surface area contributed by atoms with E-state index in [0.29, 0.717) is 19.2 Å². The molecule has 11 heteroatoms. The molecule has 3 aromatic rings. The first-order valence-electron chi connectivity index (χ1n) is 9.54. The van der Waals surface area contributed by atoms with Gasteiger partial charge in [0.05, 0.1) is 40.9 Å². The Labute approximate surface area is 178 Å². The van der Waals surface area contributed by atoms with Gasteiger partial charge in [0.1, 0.15) is 11.6 Å². The summed E-state index contributed by atoms with van der Waals surface area (Å²) in [5, 5.41) is 2.55. The van der Waals surface area contributed by atoms with Crippen LogP contribution in [-0.4, -0.2) is 30.1 Å². The predicted octanol–water partition coefficient (Wildman–Crippen LogP) is 2.87. The highest BCUT2D eigenvalue weighted by molar-refractivity contribution is 5.88.